The lowest BCUT2D eigenvalue weighted by molar-refractivity contribution is -0.184. The number of carbonyl (C=O) groups excluding carboxylic acids is 1. The van der Waals surface area contributed by atoms with E-state index in [4.69, 9.17) is 4.98 Å². The Morgan fingerprint density at radius 3 is 2.38 bits per heavy atom. The Balaban J connectivity index is 1.39. The molecule has 1 N–H and O–H groups in total. The summed E-state index contributed by atoms with van der Waals surface area (Å²) in [5, 5.41) is 2.89. The summed E-state index contributed by atoms with van der Waals surface area (Å²) in [7, 11) is -3.27. The maximum absolute atomic E-state index is 13.1. The first-order chi connectivity index (χ1) is 18.4. The Bertz CT molecular complexity index is 1250. The van der Waals surface area contributed by atoms with Crippen LogP contribution in [-0.2, 0) is 22.8 Å². The van der Waals surface area contributed by atoms with E-state index >= 15 is 0 Å². The number of hydrogen-bond acceptors (Lipinski definition) is 5. The Morgan fingerprint density at radius 1 is 1.13 bits per heavy atom. The quantitative estimate of drug-likeness (QED) is 0.442. The van der Waals surface area contributed by atoms with E-state index in [0.717, 1.165) is 36.3 Å². The minimum absolute atomic E-state index is 0.0345. The molecule has 0 radical (unpaired) electrons. The zero-order chi connectivity index (χ0) is 28.4. The lowest BCUT2D eigenvalue weighted by Crippen LogP contribution is -2.42. The number of nitrogens with one attached hydrogen (secondary N) is 1. The second kappa shape index (κ2) is 12.0. The van der Waals surface area contributed by atoms with Gasteiger partial charge in [-0.05, 0) is 73.3 Å². The molecule has 1 aromatic carbocycles. The van der Waals surface area contributed by atoms with Crippen LogP contribution in [0.15, 0.2) is 41.4 Å². The lowest BCUT2D eigenvalue weighted by atomic mass is 9.80. The minimum Gasteiger partial charge on any atom is -0.348 e. The zero-order valence-electron chi connectivity index (χ0n) is 22.8. The number of rotatable bonds is 8. The summed E-state index contributed by atoms with van der Waals surface area (Å²) in [5.74, 6) is -0.859. The van der Waals surface area contributed by atoms with E-state index in [-0.39, 0.29) is 53.8 Å². The van der Waals surface area contributed by atoms with Crippen molar-refractivity contribution in [2.24, 2.45) is 17.8 Å². The molecule has 1 aliphatic carbocycles. The van der Waals surface area contributed by atoms with Gasteiger partial charge in [-0.25, -0.2) is 8.42 Å². The van der Waals surface area contributed by atoms with Crippen molar-refractivity contribution in [2.45, 2.75) is 76.5 Å². The van der Waals surface area contributed by atoms with E-state index in [1.54, 1.807) is 37.4 Å². The molecule has 214 valence electrons. The molecular formula is C29H38F3N3O3S. The van der Waals surface area contributed by atoms with Crippen LogP contribution in [0.5, 0.6) is 0 Å². The molecule has 0 unspecified atom stereocenters. The monoisotopic (exact) mass is 565 g/mol. The largest absolute Gasteiger partial charge is 0.391 e. The van der Waals surface area contributed by atoms with Crippen LogP contribution in [0.1, 0.15) is 79.7 Å². The number of aromatic nitrogens is 1. The number of halogens is 3. The molecule has 1 atom stereocenters. The number of carbonyl (C=O) groups is 1. The van der Waals surface area contributed by atoms with Gasteiger partial charge in [0, 0.05) is 25.8 Å². The van der Waals surface area contributed by atoms with Crippen LogP contribution in [0.3, 0.4) is 0 Å². The smallest absolute Gasteiger partial charge is 0.348 e. The third kappa shape index (κ3) is 7.01. The highest BCUT2D eigenvalue weighted by Gasteiger charge is 2.42. The molecule has 2 aliphatic rings. The zero-order valence-corrected chi connectivity index (χ0v) is 23.6. The van der Waals surface area contributed by atoms with Gasteiger partial charge in [0.1, 0.15) is 0 Å². The third-order valence-corrected chi connectivity index (χ3v) is 9.91. The van der Waals surface area contributed by atoms with Gasteiger partial charge in [-0.3, -0.25) is 14.7 Å². The van der Waals surface area contributed by atoms with E-state index in [1.165, 1.54) is 0 Å². The lowest BCUT2D eigenvalue weighted by Gasteiger charge is -2.42. The predicted molar refractivity (Wildman–Crippen MR) is 144 cm³/mol. The number of fused-ring (bicyclic) bond motifs is 1. The van der Waals surface area contributed by atoms with Gasteiger partial charge in [0.25, 0.3) is 5.91 Å². The van der Waals surface area contributed by atoms with Crippen molar-refractivity contribution in [3.63, 3.8) is 0 Å². The van der Waals surface area contributed by atoms with Crippen molar-refractivity contribution in [3.8, 4) is 0 Å². The number of alkyl halides is 3. The van der Waals surface area contributed by atoms with E-state index < -0.39 is 21.9 Å². The summed E-state index contributed by atoms with van der Waals surface area (Å²) >= 11 is 0. The maximum Gasteiger partial charge on any atom is 0.391 e. The number of sulfone groups is 1. The highest BCUT2D eigenvalue weighted by atomic mass is 32.2. The highest BCUT2D eigenvalue weighted by Crippen LogP contribution is 2.41. The minimum atomic E-state index is -4.09. The number of amides is 1. The average Bonchev–Trinajstić information content (AvgIpc) is 2.91. The summed E-state index contributed by atoms with van der Waals surface area (Å²) < 4.78 is 63.2. The van der Waals surface area contributed by atoms with Crippen LogP contribution in [0.25, 0.3) is 0 Å². The van der Waals surface area contributed by atoms with Crippen LogP contribution in [0.4, 0.5) is 13.2 Å². The second-order valence-corrected chi connectivity index (χ2v) is 13.5. The van der Waals surface area contributed by atoms with Gasteiger partial charge in [0.05, 0.1) is 33.9 Å². The van der Waals surface area contributed by atoms with Crippen molar-refractivity contribution in [1.29, 1.82) is 0 Å². The first kappa shape index (κ1) is 29.5. The molecule has 1 saturated carbocycles. The first-order valence-corrected chi connectivity index (χ1v) is 15.4. The Labute approximate surface area is 229 Å². The molecule has 2 heterocycles. The molecule has 1 fully saturated rings. The van der Waals surface area contributed by atoms with Crippen molar-refractivity contribution < 1.29 is 26.4 Å². The Morgan fingerprint density at radius 2 is 1.79 bits per heavy atom. The first-order valence-electron chi connectivity index (χ1n) is 13.8. The summed E-state index contributed by atoms with van der Waals surface area (Å²) in [6.07, 6.45) is -0.139. The average molecular weight is 566 g/mol. The molecule has 0 bridgehead atoms. The molecule has 0 saturated heterocycles. The molecule has 2 aromatic rings. The molecular weight excluding hydrogens is 527 g/mol. The van der Waals surface area contributed by atoms with Crippen LogP contribution >= 0.6 is 0 Å². The van der Waals surface area contributed by atoms with Crippen LogP contribution in [0, 0.1) is 17.8 Å². The predicted octanol–water partition coefficient (Wildman–Crippen LogP) is 5.73. The second-order valence-electron chi connectivity index (χ2n) is 11.2. The number of pyridine rings is 1. The van der Waals surface area contributed by atoms with Gasteiger partial charge in [0.2, 0.25) is 0 Å². The van der Waals surface area contributed by atoms with E-state index in [9.17, 15) is 26.4 Å². The van der Waals surface area contributed by atoms with Crippen molar-refractivity contribution in [2.75, 3.05) is 18.8 Å². The molecule has 1 aromatic heterocycles. The molecule has 0 spiro atoms. The van der Waals surface area contributed by atoms with Gasteiger partial charge in [-0.1, -0.05) is 32.9 Å². The Hall–Kier alpha value is -2.46. The fourth-order valence-corrected chi connectivity index (χ4v) is 6.78. The van der Waals surface area contributed by atoms with Crippen LogP contribution < -0.4 is 5.32 Å². The van der Waals surface area contributed by atoms with E-state index in [2.05, 4.69) is 24.1 Å². The Kier molecular flexibility index (Phi) is 9.05. The number of nitrogens with zero attached hydrogens (tertiary/aromatic N) is 2. The van der Waals surface area contributed by atoms with Crippen LogP contribution in [-0.4, -0.2) is 49.2 Å². The molecule has 10 heteroatoms. The summed E-state index contributed by atoms with van der Waals surface area (Å²) in [4.78, 5) is 20.2. The molecule has 1 amide bonds. The summed E-state index contributed by atoms with van der Waals surface area (Å²) in [6.45, 7) is 7.69. The SMILES string of the molecule is CCS(=O)(=O)c1ccc(CNC(=O)c2cnc3c(c2)CCN(C[C@H]2CC[C@H](C(F)(F)F)CC2)[C@H]3C(C)C)cc1. The molecule has 1 aliphatic heterocycles. The highest BCUT2D eigenvalue weighted by molar-refractivity contribution is 7.91. The molecule has 4 rings (SSSR count). The maximum atomic E-state index is 13.1. The molecule has 39 heavy (non-hydrogen) atoms. The van der Waals surface area contributed by atoms with Crippen LogP contribution in [0.2, 0.25) is 0 Å². The summed E-state index contributed by atoms with van der Waals surface area (Å²) in [5.41, 5.74) is 3.25. The van der Waals surface area contributed by atoms with Gasteiger partial charge in [-0.2, -0.15) is 13.2 Å². The standard InChI is InChI=1S/C29H38F3N3O3S/c1-4-39(37,38)25-11-7-20(8-12-25)16-34-28(36)23-15-22-13-14-35(27(19(2)3)26(22)33-17-23)18-21-5-9-24(10-6-21)29(30,31)32/h7-8,11-12,15,17,19,21,24,27H,4-6,9-10,13-14,16,18H2,1-3H3,(H,34,36)/t21-,24-,27-/m0/s1. The van der Waals surface area contributed by atoms with Gasteiger partial charge in [0.15, 0.2) is 9.84 Å². The number of benzene rings is 1. The van der Waals surface area contributed by atoms with Gasteiger partial charge in [-0.15, -0.1) is 0 Å². The van der Waals surface area contributed by atoms with Crippen molar-refractivity contribution in [3.05, 3.63) is 58.9 Å². The van der Waals surface area contributed by atoms with Crippen molar-refractivity contribution >= 4 is 15.7 Å². The van der Waals surface area contributed by atoms with E-state index in [1.807, 2.05) is 6.07 Å². The molecule has 6 nitrogen and oxygen atoms in total. The topological polar surface area (TPSA) is 79.4 Å². The normalized spacial score (nSPS) is 22.5. The number of hydrogen-bond donors (Lipinski definition) is 1. The van der Waals surface area contributed by atoms with Crippen molar-refractivity contribution in [1.82, 2.24) is 15.2 Å². The fourth-order valence-electron chi connectivity index (χ4n) is 5.90. The van der Waals surface area contributed by atoms with Gasteiger partial charge >= 0.3 is 6.18 Å². The fraction of sp³-hybridized carbons (Fsp3) is 0.586. The van der Waals surface area contributed by atoms with Gasteiger partial charge < -0.3 is 5.32 Å². The summed E-state index contributed by atoms with van der Waals surface area (Å²) in [6, 6.07) is 8.47. The van der Waals surface area contributed by atoms with E-state index in [0.29, 0.717) is 18.4 Å². The third-order valence-electron chi connectivity index (χ3n) is 8.15.